The van der Waals surface area contributed by atoms with Crippen LogP contribution in [-0.4, -0.2) is 11.1 Å². The Balaban J connectivity index is 2.93. The lowest BCUT2D eigenvalue weighted by atomic mass is 9.99. The van der Waals surface area contributed by atoms with Crippen molar-refractivity contribution in [2.45, 2.75) is 32.6 Å². The van der Waals surface area contributed by atoms with E-state index in [1.807, 2.05) is 6.92 Å². The Hall–Kier alpha value is -1.45. The Morgan fingerprint density at radius 3 is 2.62 bits per heavy atom. The van der Waals surface area contributed by atoms with Gasteiger partial charge in [-0.25, -0.2) is 8.78 Å². The minimum absolute atomic E-state index is 0.0411. The number of carboxylic acids is 1. The minimum atomic E-state index is -2.55. The van der Waals surface area contributed by atoms with Gasteiger partial charge in [-0.3, -0.25) is 4.79 Å². The number of carboxylic acid groups (broad SMARTS) is 1. The molecular formula is C12H14F2O2. The van der Waals surface area contributed by atoms with Crippen LogP contribution in [0.3, 0.4) is 0 Å². The molecule has 0 aromatic heterocycles. The number of hydrogen-bond donors (Lipinski definition) is 1. The van der Waals surface area contributed by atoms with Crippen molar-refractivity contribution in [1.29, 1.82) is 0 Å². The summed E-state index contributed by atoms with van der Waals surface area (Å²) in [6.45, 7) is 1.89. The van der Waals surface area contributed by atoms with Crippen LogP contribution in [0.15, 0.2) is 18.2 Å². The number of alkyl halides is 2. The zero-order valence-electron chi connectivity index (χ0n) is 9.04. The van der Waals surface area contributed by atoms with E-state index in [9.17, 15) is 13.6 Å². The van der Waals surface area contributed by atoms with Gasteiger partial charge in [-0.05, 0) is 30.0 Å². The standard InChI is InChI=1S/C12H14F2O2/c1-2-8-3-4-9(5-6-11(15)16)10(7-8)12(13)14/h3-4,7,12H,2,5-6H2,1H3,(H,15,16). The summed E-state index contributed by atoms with van der Waals surface area (Å²) < 4.78 is 25.4. The smallest absolute Gasteiger partial charge is 0.303 e. The fraction of sp³-hybridized carbons (Fsp3) is 0.417. The normalized spacial score (nSPS) is 10.8. The maximum absolute atomic E-state index is 12.7. The number of halogens is 2. The molecule has 0 aliphatic heterocycles. The Morgan fingerprint density at radius 1 is 1.44 bits per heavy atom. The largest absolute Gasteiger partial charge is 0.481 e. The van der Waals surface area contributed by atoms with Crippen molar-refractivity contribution in [3.8, 4) is 0 Å². The summed E-state index contributed by atoms with van der Waals surface area (Å²) in [7, 11) is 0. The molecule has 0 saturated heterocycles. The fourth-order valence-electron chi connectivity index (χ4n) is 1.54. The van der Waals surface area contributed by atoms with E-state index in [0.29, 0.717) is 12.0 Å². The van der Waals surface area contributed by atoms with Gasteiger partial charge in [-0.2, -0.15) is 0 Å². The Bertz CT molecular complexity index is 375. The number of benzene rings is 1. The van der Waals surface area contributed by atoms with Crippen molar-refractivity contribution in [1.82, 2.24) is 0 Å². The van der Waals surface area contributed by atoms with Crippen LogP contribution >= 0.6 is 0 Å². The van der Waals surface area contributed by atoms with E-state index in [4.69, 9.17) is 5.11 Å². The molecule has 0 amide bonds. The fourth-order valence-corrected chi connectivity index (χ4v) is 1.54. The third kappa shape index (κ3) is 3.29. The number of hydrogen-bond acceptors (Lipinski definition) is 1. The number of aryl methyl sites for hydroxylation is 2. The van der Waals surface area contributed by atoms with Crippen molar-refractivity contribution in [3.05, 3.63) is 34.9 Å². The zero-order valence-corrected chi connectivity index (χ0v) is 9.04. The highest BCUT2D eigenvalue weighted by Gasteiger charge is 2.14. The molecule has 0 atom stereocenters. The molecule has 1 rings (SSSR count). The molecule has 0 aliphatic rings. The molecule has 88 valence electrons. The second-order valence-electron chi connectivity index (χ2n) is 3.58. The quantitative estimate of drug-likeness (QED) is 0.840. The van der Waals surface area contributed by atoms with E-state index in [-0.39, 0.29) is 18.4 Å². The van der Waals surface area contributed by atoms with Gasteiger partial charge in [0.1, 0.15) is 0 Å². The molecule has 0 fully saturated rings. The molecule has 4 heteroatoms. The topological polar surface area (TPSA) is 37.3 Å². The van der Waals surface area contributed by atoms with Gasteiger partial charge in [0.25, 0.3) is 6.43 Å². The highest BCUT2D eigenvalue weighted by atomic mass is 19.3. The lowest BCUT2D eigenvalue weighted by Crippen LogP contribution is -2.01. The highest BCUT2D eigenvalue weighted by molar-refractivity contribution is 5.67. The Kier molecular flexibility index (Phi) is 4.40. The maximum atomic E-state index is 12.7. The summed E-state index contributed by atoms with van der Waals surface area (Å²) in [5.41, 5.74) is 1.23. The second-order valence-corrected chi connectivity index (χ2v) is 3.58. The minimum Gasteiger partial charge on any atom is -0.481 e. The van der Waals surface area contributed by atoms with Gasteiger partial charge in [-0.15, -0.1) is 0 Å². The van der Waals surface area contributed by atoms with Crippen molar-refractivity contribution in [3.63, 3.8) is 0 Å². The van der Waals surface area contributed by atoms with Crippen molar-refractivity contribution >= 4 is 5.97 Å². The summed E-state index contributed by atoms with van der Waals surface area (Å²) in [6.07, 6.45) is -1.82. The molecule has 0 spiro atoms. The van der Waals surface area contributed by atoms with Gasteiger partial charge in [-0.1, -0.05) is 19.1 Å². The van der Waals surface area contributed by atoms with Crippen LogP contribution in [0.2, 0.25) is 0 Å². The molecule has 2 nitrogen and oxygen atoms in total. The first-order valence-corrected chi connectivity index (χ1v) is 5.16. The molecular weight excluding hydrogens is 214 g/mol. The predicted octanol–water partition coefficient (Wildman–Crippen LogP) is 3.20. The van der Waals surface area contributed by atoms with E-state index < -0.39 is 12.4 Å². The summed E-state index contributed by atoms with van der Waals surface area (Å²) in [5, 5.41) is 8.52. The van der Waals surface area contributed by atoms with Gasteiger partial charge in [0.2, 0.25) is 0 Å². The first-order valence-electron chi connectivity index (χ1n) is 5.16. The molecule has 0 saturated carbocycles. The number of aliphatic carboxylic acids is 1. The Morgan fingerprint density at radius 2 is 2.12 bits per heavy atom. The average Bonchev–Trinajstić information content (AvgIpc) is 2.25. The van der Waals surface area contributed by atoms with Crippen LogP contribution in [0.4, 0.5) is 8.78 Å². The third-order valence-electron chi connectivity index (χ3n) is 2.46. The van der Waals surface area contributed by atoms with Crippen LogP contribution in [-0.2, 0) is 17.6 Å². The third-order valence-corrected chi connectivity index (χ3v) is 2.46. The lowest BCUT2D eigenvalue weighted by Gasteiger charge is -2.09. The van der Waals surface area contributed by atoms with Crippen molar-refractivity contribution < 1.29 is 18.7 Å². The van der Waals surface area contributed by atoms with Crippen LogP contribution in [0.1, 0.15) is 36.5 Å². The number of rotatable bonds is 5. The van der Waals surface area contributed by atoms with Crippen LogP contribution in [0.5, 0.6) is 0 Å². The van der Waals surface area contributed by atoms with E-state index in [1.165, 1.54) is 6.07 Å². The molecule has 16 heavy (non-hydrogen) atoms. The molecule has 1 aromatic rings. The predicted molar refractivity (Wildman–Crippen MR) is 56.7 cm³/mol. The SMILES string of the molecule is CCc1ccc(CCC(=O)O)c(C(F)F)c1. The molecule has 0 radical (unpaired) electrons. The monoisotopic (exact) mass is 228 g/mol. The molecule has 1 N–H and O–H groups in total. The van der Waals surface area contributed by atoms with E-state index in [0.717, 1.165) is 5.56 Å². The first kappa shape index (κ1) is 12.6. The second kappa shape index (κ2) is 5.58. The van der Waals surface area contributed by atoms with E-state index >= 15 is 0 Å². The Labute approximate surface area is 92.9 Å². The van der Waals surface area contributed by atoms with Gasteiger partial charge in [0.15, 0.2) is 0 Å². The summed E-state index contributed by atoms with van der Waals surface area (Å²) >= 11 is 0. The molecule has 0 aliphatic carbocycles. The molecule has 0 bridgehead atoms. The van der Waals surface area contributed by atoms with Gasteiger partial charge in [0, 0.05) is 12.0 Å². The molecule has 0 heterocycles. The summed E-state index contributed by atoms with van der Waals surface area (Å²) in [4.78, 5) is 10.4. The zero-order chi connectivity index (χ0) is 12.1. The average molecular weight is 228 g/mol. The van der Waals surface area contributed by atoms with Crippen molar-refractivity contribution in [2.75, 3.05) is 0 Å². The van der Waals surface area contributed by atoms with E-state index in [2.05, 4.69) is 0 Å². The summed E-state index contributed by atoms with van der Waals surface area (Å²) in [5.74, 6) is -0.972. The van der Waals surface area contributed by atoms with Crippen LogP contribution in [0, 0.1) is 0 Å². The van der Waals surface area contributed by atoms with Crippen LogP contribution in [0.25, 0.3) is 0 Å². The lowest BCUT2D eigenvalue weighted by molar-refractivity contribution is -0.136. The van der Waals surface area contributed by atoms with E-state index in [1.54, 1.807) is 12.1 Å². The van der Waals surface area contributed by atoms with Gasteiger partial charge >= 0.3 is 5.97 Å². The highest BCUT2D eigenvalue weighted by Crippen LogP contribution is 2.25. The summed E-state index contributed by atoms with van der Waals surface area (Å²) in [6, 6.07) is 4.83. The molecule has 1 aromatic carbocycles. The molecule has 0 unspecified atom stereocenters. The first-order chi connectivity index (χ1) is 7.54. The van der Waals surface area contributed by atoms with Gasteiger partial charge in [0.05, 0.1) is 0 Å². The number of carbonyl (C=O) groups is 1. The van der Waals surface area contributed by atoms with Crippen molar-refractivity contribution in [2.24, 2.45) is 0 Å². The van der Waals surface area contributed by atoms with Gasteiger partial charge < -0.3 is 5.11 Å². The maximum Gasteiger partial charge on any atom is 0.303 e. The van der Waals surface area contributed by atoms with Crippen LogP contribution < -0.4 is 0 Å².